The van der Waals surface area contributed by atoms with Crippen LogP contribution in [-0.4, -0.2) is 10.9 Å². The molecular formula is C12H7BrClFN2O. The number of amides is 1. The van der Waals surface area contributed by atoms with Crippen molar-refractivity contribution in [3.05, 3.63) is 57.4 Å². The lowest BCUT2D eigenvalue weighted by Gasteiger charge is -2.06. The lowest BCUT2D eigenvalue weighted by atomic mass is 10.2. The second-order valence-corrected chi connectivity index (χ2v) is 4.71. The van der Waals surface area contributed by atoms with E-state index in [9.17, 15) is 9.18 Å². The van der Waals surface area contributed by atoms with Crippen molar-refractivity contribution in [2.75, 3.05) is 5.32 Å². The first-order valence-electron chi connectivity index (χ1n) is 4.95. The number of anilines is 1. The van der Waals surface area contributed by atoms with E-state index < -0.39 is 11.7 Å². The van der Waals surface area contributed by atoms with Crippen LogP contribution < -0.4 is 5.32 Å². The first-order valence-corrected chi connectivity index (χ1v) is 6.12. The molecule has 0 radical (unpaired) electrons. The zero-order chi connectivity index (χ0) is 13.1. The van der Waals surface area contributed by atoms with Crippen molar-refractivity contribution < 1.29 is 9.18 Å². The zero-order valence-corrected chi connectivity index (χ0v) is 11.3. The second-order valence-electron chi connectivity index (χ2n) is 3.41. The molecule has 0 saturated heterocycles. The number of rotatable bonds is 2. The van der Waals surface area contributed by atoms with Gasteiger partial charge in [-0.2, -0.15) is 0 Å². The van der Waals surface area contributed by atoms with E-state index in [2.05, 4.69) is 26.2 Å². The van der Waals surface area contributed by atoms with Gasteiger partial charge in [0.1, 0.15) is 11.6 Å². The van der Waals surface area contributed by atoms with E-state index in [0.717, 1.165) is 0 Å². The summed E-state index contributed by atoms with van der Waals surface area (Å²) >= 11 is 8.78. The number of aromatic nitrogens is 1. The maximum absolute atomic E-state index is 13.7. The van der Waals surface area contributed by atoms with E-state index in [1.807, 2.05) is 0 Å². The Morgan fingerprint density at radius 2 is 2.17 bits per heavy atom. The molecule has 18 heavy (non-hydrogen) atoms. The highest BCUT2D eigenvalue weighted by Crippen LogP contribution is 2.20. The lowest BCUT2D eigenvalue weighted by Crippen LogP contribution is -2.14. The summed E-state index contributed by atoms with van der Waals surface area (Å²) in [4.78, 5) is 15.7. The minimum atomic E-state index is -0.614. The van der Waals surface area contributed by atoms with E-state index in [-0.39, 0.29) is 15.9 Å². The molecule has 2 aromatic rings. The largest absolute Gasteiger partial charge is 0.306 e. The van der Waals surface area contributed by atoms with Crippen LogP contribution in [-0.2, 0) is 0 Å². The third kappa shape index (κ3) is 2.86. The molecule has 0 aliphatic carbocycles. The summed E-state index contributed by atoms with van der Waals surface area (Å²) in [7, 11) is 0. The fourth-order valence-corrected chi connectivity index (χ4v) is 1.86. The molecule has 3 nitrogen and oxygen atoms in total. The van der Waals surface area contributed by atoms with Crippen LogP contribution >= 0.6 is 27.5 Å². The molecule has 0 unspecified atom stereocenters. The van der Waals surface area contributed by atoms with Crippen LogP contribution in [0.25, 0.3) is 0 Å². The second kappa shape index (κ2) is 5.46. The molecule has 0 aliphatic rings. The highest BCUT2D eigenvalue weighted by molar-refractivity contribution is 9.10. The molecule has 0 bridgehead atoms. The average Bonchev–Trinajstić information content (AvgIpc) is 2.32. The molecule has 92 valence electrons. The Labute approximate surface area is 116 Å². The monoisotopic (exact) mass is 328 g/mol. The summed E-state index contributed by atoms with van der Waals surface area (Å²) in [6, 6.07) is 7.55. The molecule has 1 aromatic carbocycles. The Balaban J connectivity index is 2.25. The number of nitrogens with one attached hydrogen (secondary N) is 1. The van der Waals surface area contributed by atoms with Gasteiger partial charge in [0.25, 0.3) is 5.91 Å². The Morgan fingerprint density at radius 1 is 1.39 bits per heavy atom. The van der Waals surface area contributed by atoms with Crippen LogP contribution in [0.2, 0.25) is 5.02 Å². The Bertz CT molecular complexity index is 606. The normalized spacial score (nSPS) is 10.2. The molecule has 0 atom stereocenters. The summed E-state index contributed by atoms with van der Waals surface area (Å²) in [6.07, 6.45) is 1.45. The van der Waals surface area contributed by atoms with E-state index in [1.54, 1.807) is 12.1 Å². The Kier molecular flexibility index (Phi) is 3.93. The van der Waals surface area contributed by atoms with Crippen molar-refractivity contribution in [3.63, 3.8) is 0 Å². The summed E-state index contributed by atoms with van der Waals surface area (Å²) < 4.78 is 13.9. The smallest absolute Gasteiger partial charge is 0.259 e. The van der Waals surface area contributed by atoms with Crippen molar-refractivity contribution in [2.45, 2.75) is 0 Å². The van der Waals surface area contributed by atoms with Gasteiger partial charge in [-0.15, -0.1) is 0 Å². The van der Waals surface area contributed by atoms with Crippen molar-refractivity contribution in [1.29, 1.82) is 0 Å². The fourth-order valence-electron chi connectivity index (χ4n) is 1.34. The molecule has 0 fully saturated rings. The van der Waals surface area contributed by atoms with E-state index in [4.69, 9.17) is 11.6 Å². The zero-order valence-electron chi connectivity index (χ0n) is 8.95. The number of hydrogen-bond donors (Lipinski definition) is 1. The highest BCUT2D eigenvalue weighted by atomic mass is 79.9. The van der Waals surface area contributed by atoms with Crippen molar-refractivity contribution >= 4 is 39.3 Å². The average molecular weight is 330 g/mol. The number of pyridine rings is 1. The van der Waals surface area contributed by atoms with Crippen LogP contribution in [0.3, 0.4) is 0 Å². The fraction of sp³-hybridized carbons (Fsp3) is 0. The quantitative estimate of drug-likeness (QED) is 0.908. The first-order chi connectivity index (χ1) is 8.58. The Morgan fingerprint density at radius 3 is 2.89 bits per heavy atom. The molecule has 6 heteroatoms. The number of nitrogens with zero attached hydrogens (tertiary/aromatic N) is 1. The molecular weight excluding hydrogens is 322 g/mol. The number of carbonyl (C=O) groups excluding carboxylic acids is 1. The standard InChI is InChI=1S/C12H7BrClFN2O/c13-9-3-1-2-8(11(9)15)12(18)17-10-6-7(14)4-5-16-10/h1-6H,(H,16,17,18). The van der Waals surface area contributed by atoms with E-state index in [1.165, 1.54) is 24.4 Å². The van der Waals surface area contributed by atoms with Crippen LogP contribution in [0.1, 0.15) is 10.4 Å². The number of carbonyl (C=O) groups is 1. The van der Waals surface area contributed by atoms with Gasteiger partial charge < -0.3 is 5.32 Å². The maximum atomic E-state index is 13.7. The van der Waals surface area contributed by atoms with Crippen LogP contribution in [0.4, 0.5) is 10.2 Å². The SMILES string of the molecule is O=C(Nc1cc(Cl)ccn1)c1cccc(Br)c1F. The van der Waals surface area contributed by atoms with Gasteiger partial charge in [0.2, 0.25) is 0 Å². The van der Waals surface area contributed by atoms with E-state index >= 15 is 0 Å². The molecule has 1 N–H and O–H groups in total. The van der Waals surface area contributed by atoms with Crippen LogP contribution in [0.5, 0.6) is 0 Å². The molecule has 1 amide bonds. The number of benzene rings is 1. The first kappa shape index (κ1) is 13.0. The van der Waals surface area contributed by atoms with Gasteiger partial charge in [-0.05, 0) is 40.2 Å². The van der Waals surface area contributed by atoms with Gasteiger partial charge in [-0.25, -0.2) is 9.37 Å². The van der Waals surface area contributed by atoms with E-state index in [0.29, 0.717) is 5.02 Å². The molecule has 0 spiro atoms. The topological polar surface area (TPSA) is 42.0 Å². The predicted octanol–water partition coefficient (Wildman–Crippen LogP) is 3.89. The molecule has 2 rings (SSSR count). The van der Waals surface area contributed by atoms with Crippen LogP contribution in [0.15, 0.2) is 41.0 Å². The van der Waals surface area contributed by atoms with Crippen molar-refractivity contribution in [3.8, 4) is 0 Å². The minimum Gasteiger partial charge on any atom is -0.306 e. The van der Waals surface area contributed by atoms with Crippen molar-refractivity contribution in [1.82, 2.24) is 4.98 Å². The predicted molar refractivity (Wildman–Crippen MR) is 71.3 cm³/mol. The van der Waals surface area contributed by atoms with Gasteiger partial charge in [0.15, 0.2) is 0 Å². The Hall–Kier alpha value is -1.46. The molecule has 0 saturated carbocycles. The number of hydrogen-bond acceptors (Lipinski definition) is 2. The molecule has 1 aromatic heterocycles. The van der Waals surface area contributed by atoms with Gasteiger partial charge in [0.05, 0.1) is 10.0 Å². The van der Waals surface area contributed by atoms with Crippen molar-refractivity contribution in [2.24, 2.45) is 0 Å². The third-order valence-electron chi connectivity index (χ3n) is 2.16. The minimum absolute atomic E-state index is 0.0637. The number of halogens is 3. The lowest BCUT2D eigenvalue weighted by molar-refractivity contribution is 0.102. The van der Waals surface area contributed by atoms with Crippen LogP contribution in [0, 0.1) is 5.82 Å². The summed E-state index contributed by atoms with van der Waals surface area (Å²) in [5.74, 6) is -0.924. The van der Waals surface area contributed by atoms with Gasteiger partial charge in [0, 0.05) is 11.2 Å². The summed E-state index contributed by atoms with van der Waals surface area (Å²) in [5, 5.41) is 2.91. The van der Waals surface area contributed by atoms with Gasteiger partial charge in [-0.1, -0.05) is 17.7 Å². The summed E-state index contributed by atoms with van der Waals surface area (Å²) in [5.41, 5.74) is -0.0637. The highest BCUT2D eigenvalue weighted by Gasteiger charge is 2.14. The summed E-state index contributed by atoms with van der Waals surface area (Å²) in [6.45, 7) is 0. The third-order valence-corrected chi connectivity index (χ3v) is 3.01. The molecule has 1 heterocycles. The van der Waals surface area contributed by atoms with Gasteiger partial charge in [-0.3, -0.25) is 4.79 Å². The molecule has 0 aliphatic heterocycles. The maximum Gasteiger partial charge on any atom is 0.259 e. The van der Waals surface area contributed by atoms with Gasteiger partial charge >= 0.3 is 0 Å².